The number of nitrogens with zero attached hydrogens (tertiary/aromatic N) is 2. The lowest BCUT2D eigenvalue weighted by Gasteiger charge is -1.61. The van der Waals surface area contributed by atoms with E-state index in [1.54, 1.807) is 37.4 Å². The number of carbonyl (C=O) groups is 1. The largest absolute Gasteiger partial charge is 0.465 e. The zero-order valence-corrected chi connectivity index (χ0v) is 7.29. The third-order valence-electron chi connectivity index (χ3n) is 0.812. The highest BCUT2D eigenvalue weighted by atomic mass is 16.4. The van der Waals surface area contributed by atoms with E-state index in [4.69, 9.17) is 9.90 Å². The number of H-pyrrole nitrogens is 2. The number of hydrogen-bond donors (Lipinski definition) is 4. The first-order valence-electron chi connectivity index (χ1n) is 3.57. The fourth-order valence-corrected chi connectivity index (χ4v) is 0.430. The van der Waals surface area contributed by atoms with E-state index >= 15 is 0 Å². The number of imidazole rings is 2. The number of nitrogens with one attached hydrogen (secondary N) is 2. The van der Waals surface area contributed by atoms with Crippen molar-refractivity contribution < 1.29 is 9.90 Å². The molecule has 0 aliphatic heterocycles. The Labute approximate surface area is 80.0 Å². The normalized spacial score (nSPS) is 7.43. The molecule has 1 amide bonds. The van der Waals surface area contributed by atoms with Crippen molar-refractivity contribution in [1.82, 2.24) is 19.9 Å². The van der Waals surface area contributed by atoms with Crippen LogP contribution in [0.2, 0.25) is 0 Å². The summed E-state index contributed by atoms with van der Waals surface area (Å²) >= 11 is 0. The van der Waals surface area contributed by atoms with Crippen LogP contribution in [0.1, 0.15) is 0 Å². The van der Waals surface area contributed by atoms with Gasteiger partial charge in [-0.15, -0.1) is 0 Å². The lowest BCUT2D eigenvalue weighted by atomic mass is 11.0. The maximum Gasteiger partial charge on any atom is 0.402 e. The maximum atomic E-state index is 8.78. The topological polar surface area (TPSA) is 121 Å². The van der Waals surface area contributed by atoms with Crippen LogP contribution in [0.25, 0.3) is 0 Å². The summed E-state index contributed by atoms with van der Waals surface area (Å²) in [4.78, 5) is 21.6. The monoisotopic (exact) mass is 197 g/mol. The predicted molar refractivity (Wildman–Crippen MR) is 49.4 cm³/mol. The average Bonchev–Trinajstić information content (AvgIpc) is 2.83. The molecule has 2 heterocycles. The summed E-state index contributed by atoms with van der Waals surface area (Å²) in [6, 6.07) is 0. The number of nitrogens with two attached hydrogens (primary N) is 1. The Balaban J connectivity index is 0.000000183. The van der Waals surface area contributed by atoms with E-state index in [1.807, 2.05) is 0 Å². The molecule has 14 heavy (non-hydrogen) atoms. The molecule has 2 aromatic heterocycles. The Kier molecular flexibility index (Phi) is 7.33. The van der Waals surface area contributed by atoms with E-state index in [0.29, 0.717) is 0 Å². The molecule has 0 saturated heterocycles. The van der Waals surface area contributed by atoms with Gasteiger partial charge in [-0.05, 0) is 0 Å². The van der Waals surface area contributed by atoms with Gasteiger partial charge in [-0.25, -0.2) is 14.8 Å². The summed E-state index contributed by atoms with van der Waals surface area (Å²) in [5.41, 5.74) is 4.03. The fraction of sp³-hybridized carbons (Fsp3) is 0. The summed E-state index contributed by atoms with van der Waals surface area (Å²) in [5, 5.41) is 7.19. The standard InChI is InChI=1S/2C3H4N2.CH3NO2/c2*1-2-5-3-4-1;2-1(3)4/h2*1-3H,(H,4,5);2H2,(H,3,4). The lowest BCUT2D eigenvalue weighted by Crippen LogP contribution is -2.03. The summed E-state index contributed by atoms with van der Waals surface area (Å²) in [5.74, 6) is 0. The highest BCUT2D eigenvalue weighted by Gasteiger charge is 1.65. The van der Waals surface area contributed by atoms with Crippen molar-refractivity contribution in [3.63, 3.8) is 0 Å². The molecule has 0 unspecified atom stereocenters. The molecule has 0 radical (unpaired) electrons. The van der Waals surface area contributed by atoms with Crippen LogP contribution < -0.4 is 5.73 Å². The third-order valence-corrected chi connectivity index (χ3v) is 0.812. The lowest BCUT2D eigenvalue weighted by molar-refractivity contribution is 0.205. The van der Waals surface area contributed by atoms with Crippen LogP contribution in [0.4, 0.5) is 4.79 Å². The van der Waals surface area contributed by atoms with Gasteiger partial charge >= 0.3 is 6.09 Å². The van der Waals surface area contributed by atoms with Gasteiger partial charge in [0.25, 0.3) is 0 Å². The first-order chi connectivity index (χ1) is 6.73. The second kappa shape index (κ2) is 8.78. The number of aromatic nitrogens is 4. The molecular formula is C7H11N5O2. The summed E-state index contributed by atoms with van der Waals surface area (Å²) in [7, 11) is 0. The number of rotatable bonds is 0. The zero-order chi connectivity index (χ0) is 10.6. The third kappa shape index (κ3) is 12.4. The van der Waals surface area contributed by atoms with Crippen molar-refractivity contribution in [2.24, 2.45) is 5.73 Å². The summed E-state index contributed by atoms with van der Waals surface area (Å²) in [6.07, 6.45) is 8.83. The van der Waals surface area contributed by atoms with Crippen molar-refractivity contribution in [3.8, 4) is 0 Å². The van der Waals surface area contributed by atoms with E-state index in [-0.39, 0.29) is 0 Å². The molecule has 7 heteroatoms. The number of carboxylic acid groups (broad SMARTS) is 1. The molecule has 2 aromatic rings. The van der Waals surface area contributed by atoms with E-state index in [2.05, 4.69) is 25.7 Å². The van der Waals surface area contributed by atoms with Crippen LogP contribution in [-0.4, -0.2) is 31.1 Å². The quantitative estimate of drug-likeness (QED) is 0.489. The van der Waals surface area contributed by atoms with Gasteiger partial charge in [-0.3, -0.25) is 0 Å². The van der Waals surface area contributed by atoms with Gasteiger partial charge in [-0.1, -0.05) is 0 Å². The van der Waals surface area contributed by atoms with Gasteiger partial charge in [0, 0.05) is 24.8 Å². The van der Waals surface area contributed by atoms with E-state index in [0.717, 1.165) is 0 Å². The summed E-state index contributed by atoms with van der Waals surface area (Å²) in [6.45, 7) is 0. The Morgan fingerprint density at radius 2 is 1.50 bits per heavy atom. The van der Waals surface area contributed by atoms with Gasteiger partial charge < -0.3 is 20.8 Å². The van der Waals surface area contributed by atoms with E-state index in [9.17, 15) is 0 Å². The molecule has 0 fully saturated rings. The molecule has 76 valence electrons. The molecule has 0 bridgehead atoms. The Hall–Kier alpha value is -2.31. The van der Waals surface area contributed by atoms with E-state index < -0.39 is 6.09 Å². The van der Waals surface area contributed by atoms with Crippen LogP contribution >= 0.6 is 0 Å². The Morgan fingerprint density at radius 1 is 1.14 bits per heavy atom. The zero-order valence-electron chi connectivity index (χ0n) is 7.29. The minimum absolute atomic E-state index is 1.33. The smallest absolute Gasteiger partial charge is 0.402 e. The molecule has 5 N–H and O–H groups in total. The van der Waals surface area contributed by atoms with Crippen LogP contribution in [-0.2, 0) is 0 Å². The number of hydrogen-bond acceptors (Lipinski definition) is 3. The van der Waals surface area contributed by atoms with Crippen molar-refractivity contribution in [2.75, 3.05) is 0 Å². The minimum atomic E-state index is -1.33. The molecule has 0 aromatic carbocycles. The van der Waals surface area contributed by atoms with Crippen LogP contribution in [0, 0.1) is 0 Å². The number of amides is 1. The van der Waals surface area contributed by atoms with Gasteiger partial charge in [-0.2, -0.15) is 0 Å². The number of primary amides is 1. The highest BCUT2D eigenvalue weighted by molar-refractivity contribution is 5.61. The van der Waals surface area contributed by atoms with Crippen LogP contribution in [0.5, 0.6) is 0 Å². The van der Waals surface area contributed by atoms with Gasteiger partial charge in [0.1, 0.15) is 0 Å². The first-order valence-corrected chi connectivity index (χ1v) is 3.57. The SMILES string of the molecule is NC(=O)O.c1c[nH]cn1.c1c[nH]cn1. The second-order valence-corrected chi connectivity index (χ2v) is 1.86. The fourth-order valence-electron chi connectivity index (χ4n) is 0.430. The number of aromatic amines is 2. The minimum Gasteiger partial charge on any atom is -0.465 e. The molecule has 0 aliphatic carbocycles. The predicted octanol–water partition coefficient (Wildman–Crippen LogP) is 0.442. The highest BCUT2D eigenvalue weighted by Crippen LogP contribution is 1.63. The molecule has 2 rings (SSSR count). The van der Waals surface area contributed by atoms with Crippen molar-refractivity contribution >= 4 is 6.09 Å². The Morgan fingerprint density at radius 3 is 1.57 bits per heavy atom. The maximum absolute atomic E-state index is 8.78. The van der Waals surface area contributed by atoms with Crippen LogP contribution in [0.3, 0.4) is 0 Å². The van der Waals surface area contributed by atoms with Crippen molar-refractivity contribution in [3.05, 3.63) is 37.4 Å². The van der Waals surface area contributed by atoms with Gasteiger partial charge in [0.15, 0.2) is 0 Å². The first kappa shape index (κ1) is 11.7. The Bertz CT molecular complexity index is 227. The molecule has 0 saturated carbocycles. The molecule has 0 spiro atoms. The average molecular weight is 197 g/mol. The van der Waals surface area contributed by atoms with E-state index in [1.165, 1.54) is 0 Å². The molecule has 0 atom stereocenters. The van der Waals surface area contributed by atoms with Crippen molar-refractivity contribution in [2.45, 2.75) is 0 Å². The van der Waals surface area contributed by atoms with Crippen molar-refractivity contribution in [1.29, 1.82) is 0 Å². The summed E-state index contributed by atoms with van der Waals surface area (Å²) < 4.78 is 0. The molecule has 7 nitrogen and oxygen atoms in total. The second-order valence-electron chi connectivity index (χ2n) is 1.86. The molecular weight excluding hydrogens is 186 g/mol. The molecule has 0 aliphatic rings. The van der Waals surface area contributed by atoms with Crippen LogP contribution in [0.15, 0.2) is 37.4 Å². The van der Waals surface area contributed by atoms with Gasteiger partial charge in [0.2, 0.25) is 0 Å². The van der Waals surface area contributed by atoms with Gasteiger partial charge in [0.05, 0.1) is 12.7 Å².